The van der Waals surface area contributed by atoms with Crippen molar-refractivity contribution in [1.82, 2.24) is 15.1 Å². The first kappa shape index (κ1) is 14.6. The van der Waals surface area contributed by atoms with Gasteiger partial charge in [-0.3, -0.25) is 4.79 Å². The van der Waals surface area contributed by atoms with E-state index in [0.717, 1.165) is 11.3 Å². The average molecular weight is 326 g/mol. The number of aliphatic hydroxyl groups excluding tert-OH is 1. The van der Waals surface area contributed by atoms with Crippen LogP contribution in [0.5, 0.6) is 0 Å². The molecular weight excluding hydrogens is 314 g/mol. The van der Waals surface area contributed by atoms with Crippen molar-refractivity contribution in [2.24, 2.45) is 0 Å². The van der Waals surface area contributed by atoms with Gasteiger partial charge in [0.1, 0.15) is 0 Å². The number of sulfone groups is 1. The third kappa shape index (κ3) is 3.41. The molecule has 1 N–H and O–H groups in total. The molecule has 2 heterocycles. The maximum Gasteiger partial charge on any atom is 0.285 e. The van der Waals surface area contributed by atoms with Crippen LogP contribution in [0, 0.1) is 0 Å². The third-order valence-corrected chi connectivity index (χ3v) is 5.59. The van der Waals surface area contributed by atoms with E-state index in [9.17, 15) is 13.2 Å². The quantitative estimate of drug-likeness (QED) is 0.823. The number of hydrogen-bond acceptors (Lipinski definition) is 7. The second-order valence-electron chi connectivity index (χ2n) is 4.14. The molecule has 1 saturated heterocycles. The van der Waals surface area contributed by atoms with Crippen LogP contribution in [0.4, 0.5) is 0 Å². The van der Waals surface area contributed by atoms with Gasteiger partial charge in [0.15, 0.2) is 9.84 Å². The van der Waals surface area contributed by atoms with Crippen molar-refractivity contribution in [2.75, 3.05) is 24.7 Å². The van der Waals surface area contributed by atoms with Gasteiger partial charge in [-0.25, -0.2) is 8.42 Å². The molecule has 1 aromatic rings. The molecule has 1 aromatic heterocycles. The van der Waals surface area contributed by atoms with E-state index in [1.807, 2.05) is 0 Å². The Labute approximate surface area is 119 Å². The van der Waals surface area contributed by atoms with E-state index in [1.165, 1.54) is 4.90 Å². The molecule has 1 amide bonds. The SMILES string of the molecule is O=C(c1nnc(Cl)s1)N(CCO)C1CCS(=O)(=O)C1. The molecule has 0 spiro atoms. The number of amides is 1. The van der Waals surface area contributed by atoms with Crippen LogP contribution in [0.3, 0.4) is 0 Å². The monoisotopic (exact) mass is 325 g/mol. The number of carbonyl (C=O) groups excluding carboxylic acids is 1. The second kappa shape index (κ2) is 5.70. The summed E-state index contributed by atoms with van der Waals surface area (Å²) in [5.41, 5.74) is 0. The van der Waals surface area contributed by atoms with Crippen LogP contribution in [0.1, 0.15) is 16.2 Å². The summed E-state index contributed by atoms with van der Waals surface area (Å²) in [5, 5.41) is 16.3. The first-order valence-electron chi connectivity index (χ1n) is 5.54. The van der Waals surface area contributed by atoms with Crippen molar-refractivity contribution in [3.63, 3.8) is 0 Å². The maximum absolute atomic E-state index is 12.2. The highest BCUT2D eigenvalue weighted by Gasteiger charge is 2.35. The first-order valence-corrected chi connectivity index (χ1v) is 8.56. The fourth-order valence-electron chi connectivity index (χ4n) is 1.99. The topological polar surface area (TPSA) is 100 Å². The molecule has 19 heavy (non-hydrogen) atoms. The number of aromatic nitrogens is 2. The first-order chi connectivity index (χ1) is 8.93. The summed E-state index contributed by atoms with van der Waals surface area (Å²) >= 11 is 6.55. The van der Waals surface area contributed by atoms with Crippen LogP contribution in [0.25, 0.3) is 0 Å². The molecule has 0 radical (unpaired) electrons. The number of hydrogen-bond donors (Lipinski definition) is 1. The minimum Gasteiger partial charge on any atom is -0.395 e. The van der Waals surface area contributed by atoms with Gasteiger partial charge < -0.3 is 10.0 Å². The fourth-order valence-corrected chi connectivity index (χ4v) is 4.51. The molecule has 0 saturated carbocycles. The lowest BCUT2D eigenvalue weighted by Gasteiger charge is -2.26. The molecule has 1 atom stereocenters. The van der Waals surface area contributed by atoms with E-state index in [2.05, 4.69) is 10.2 Å². The molecule has 0 bridgehead atoms. The predicted octanol–water partition coefficient (Wildman–Crippen LogP) is -0.187. The highest BCUT2D eigenvalue weighted by molar-refractivity contribution is 7.91. The maximum atomic E-state index is 12.2. The number of rotatable bonds is 4. The molecule has 1 unspecified atom stereocenters. The lowest BCUT2D eigenvalue weighted by atomic mass is 10.2. The Kier molecular flexibility index (Phi) is 4.39. The molecule has 10 heteroatoms. The van der Waals surface area contributed by atoms with Gasteiger partial charge in [0, 0.05) is 12.6 Å². The highest BCUT2D eigenvalue weighted by atomic mass is 35.5. The van der Waals surface area contributed by atoms with Gasteiger partial charge in [-0.15, -0.1) is 10.2 Å². The predicted molar refractivity (Wildman–Crippen MR) is 70.1 cm³/mol. The second-order valence-corrected chi connectivity index (χ2v) is 7.93. The molecule has 0 aromatic carbocycles. The summed E-state index contributed by atoms with van der Waals surface area (Å²) in [6, 6.07) is -0.424. The van der Waals surface area contributed by atoms with Crippen LogP contribution in [0.15, 0.2) is 0 Å². The van der Waals surface area contributed by atoms with Crippen LogP contribution < -0.4 is 0 Å². The normalized spacial score (nSPS) is 21.5. The van der Waals surface area contributed by atoms with E-state index in [-0.39, 0.29) is 34.1 Å². The zero-order valence-electron chi connectivity index (χ0n) is 9.82. The molecule has 106 valence electrons. The lowest BCUT2D eigenvalue weighted by molar-refractivity contribution is 0.0654. The third-order valence-electron chi connectivity index (χ3n) is 2.83. The zero-order valence-corrected chi connectivity index (χ0v) is 12.2. The summed E-state index contributed by atoms with van der Waals surface area (Å²) in [5.74, 6) is -0.463. The van der Waals surface area contributed by atoms with Crippen molar-refractivity contribution < 1.29 is 18.3 Å². The molecule has 0 aliphatic carbocycles. The Balaban J connectivity index is 2.18. The van der Waals surface area contributed by atoms with Gasteiger partial charge in [-0.2, -0.15) is 0 Å². The largest absolute Gasteiger partial charge is 0.395 e. The van der Waals surface area contributed by atoms with E-state index < -0.39 is 21.8 Å². The Bertz CT molecular complexity index is 574. The summed E-state index contributed by atoms with van der Waals surface area (Å²) in [4.78, 5) is 13.6. The van der Waals surface area contributed by atoms with Crippen LogP contribution in [0.2, 0.25) is 4.47 Å². The highest BCUT2D eigenvalue weighted by Crippen LogP contribution is 2.22. The molecule has 1 aliphatic rings. The van der Waals surface area contributed by atoms with Gasteiger partial charge in [-0.05, 0) is 18.0 Å². The van der Waals surface area contributed by atoms with E-state index in [4.69, 9.17) is 16.7 Å². The van der Waals surface area contributed by atoms with Crippen molar-refractivity contribution in [3.8, 4) is 0 Å². The summed E-state index contributed by atoms with van der Waals surface area (Å²) < 4.78 is 23.1. The van der Waals surface area contributed by atoms with Gasteiger partial charge in [-0.1, -0.05) is 11.3 Å². The zero-order chi connectivity index (χ0) is 14.0. The van der Waals surface area contributed by atoms with E-state index in [0.29, 0.717) is 6.42 Å². The Morgan fingerprint density at radius 1 is 1.53 bits per heavy atom. The van der Waals surface area contributed by atoms with Crippen molar-refractivity contribution in [1.29, 1.82) is 0 Å². The number of carbonyl (C=O) groups is 1. The number of aliphatic hydroxyl groups is 1. The lowest BCUT2D eigenvalue weighted by Crippen LogP contribution is -2.42. The number of nitrogens with zero attached hydrogens (tertiary/aromatic N) is 3. The molecular formula is C9H12ClN3O4S2. The Morgan fingerprint density at radius 3 is 2.74 bits per heavy atom. The van der Waals surface area contributed by atoms with Gasteiger partial charge >= 0.3 is 0 Å². The Morgan fingerprint density at radius 2 is 2.26 bits per heavy atom. The summed E-state index contributed by atoms with van der Waals surface area (Å²) in [7, 11) is -3.10. The minimum atomic E-state index is -3.10. The molecule has 1 aliphatic heterocycles. The number of halogens is 1. The van der Waals surface area contributed by atoms with Crippen LogP contribution in [-0.4, -0.2) is 65.2 Å². The fraction of sp³-hybridized carbons (Fsp3) is 0.667. The summed E-state index contributed by atoms with van der Waals surface area (Å²) in [6.45, 7) is -0.176. The molecule has 7 nitrogen and oxygen atoms in total. The van der Waals surface area contributed by atoms with Crippen molar-refractivity contribution in [2.45, 2.75) is 12.5 Å². The average Bonchev–Trinajstić information content (AvgIpc) is 2.91. The Hall–Kier alpha value is -0.770. The molecule has 2 rings (SSSR count). The van der Waals surface area contributed by atoms with Gasteiger partial charge in [0.25, 0.3) is 5.91 Å². The standard InChI is InChI=1S/C9H12ClN3O4S2/c10-9-12-11-7(18-9)8(15)13(2-3-14)6-1-4-19(16,17)5-6/h6,14H,1-5H2. The van der Waals surface area contributed by atoms with Gasteiger partial charge in [0.05, 0.1) is 18.1 Å². The van der Waals surface area contributed by atoms with Crippen LogP contribution in [-0.2, 0) is 9.84 Å². The van der Waals surface area contributed by atoms with E-state index in [1.54, 1.807) is 0 Å². The van der Waals surface area contributed by atoms with Gasteiger partial charge in [0.2, 0.25) is 9.47 Å². The van der Waals surface area contributed by atoms with Crippen molar-refractivity contribution >= 4 is 38.7 Å². The minimum absolute atomic E-state index is 0.0593. The van der Waals surface area contributed by atoms with Crippen LogP contribution >= 0.6 is 22.9 Å². The van der Waals surface area contributed by atoms with E-state index >= 15 is 0 Å². The summed E-state index contributed by atoms with van der Waals surface area (Å²) in [6.07, 6.45) is 0.376. The van der Waals surface area contributed by atoms with Crippen molar-refractivity contribution in [3.05, 3.63) is 9.47 Å². The smallest absolute Gasteiger partial charge is 0.285 e. The molecule has 1 fully saturated rings.